The van der Waals surface area contributed by atoms with Crippen molar-refractivity contribution in [1.82, 2.24) is 9.29 Å². The molecule has 1 aliphatic heterocycles. The van der Waals surface area contributed by atoms with Crippen LogP contribution in [0.4, 0.5) is 0 Å². The van der Waals surface area contributed by atoms with Crippen molar-refractivity contribution >= 4 is 37.3 Å². The number of hydrogen-bond acceptors (Lipinski definition) is 5. The van der Waals surface area contributed by atoms with Crippen molar-refractivity contribution in [2.45, 2.75) is 11.0 Å². The van der Waals surface area contributed by atoms with E-state index in [9.17, 15) is 8.42 Å². The summed E-state index contributed by atoms with van der Waals surface area (Å²) in [6.07, 6.45) is 1.53. The summed E-state index contributed by atoms with van der Waals surface area (Å²) in [7, 11) is -3.46. The molecule has 5 nitrogen and oxygen atoms in total. The maximum absolute atomic E-state index is 12.4. The van der Waals surface area contributed by atoms with E-state index in [0.29, 0.717) is 22.8 Å². The van der Waals surface area contributed by atoms with Crippen LogP contribution in [-0.4, -0.2) is 36.9 Å². The average molecular weight is 375 g/mol. The van der Waals surface area contributed by atoms with Gasteiger partial charge in [0.1, 0.15) is 6.10 Å². The summed E-state index contributed by atoms with van der Waals surface area (Å²) in [5.41, 5.74) is 0. The first-order chi connectivity index (χ1) is 9.57. The molecule has 8 heteroatoms. The first-order valence-corrected chi connectivity index (χ1v) is 8.99. The Labute approximate surface area is 129 Å². The highest BCUT2D eigenvalue weighted by atomic mass is 79.9. The van der Waals surface area contributed by atoms with Crippen molar-refractivity contribution in [3.05, 3.63) is 40.3 Å². The molecule has 0 saturated carbocycles. The Kier molecular flexibility index (Phi) is 3.80. The largest absolute Gasteiger partial charge is 0.464 e. The zero-order chi connectivity index (χ0) is 14.2. The number of thiazole rings is 1. The van der Waals surface area contributed by atoms with Gasteiger partial charge in [-0.2, -0.15) is 4.31 Å². The fourth-order valence-electron chi connectivity index (χ4n) is 1.88. The zero-order valence-electron chi connectivity index (χ0n) is 10.3. The minimum absolute atomic E-state index is 0.126. The Morgan fingerprint density at radius 2 is 2.10 bits per heavy atom. The molecule has 106 valence electrons. The van der Waals surface area contributed by atoms with Crippen molar-refractivity contribution in [3.8, 4) is 5.19 Å². The minimum atomic E-state index is -3.46. The SMILES string of the molecule is O=S(=O)(c1ccccc1Br)N1CC(Oc2nccs2)C1. The van der Waals surface area contributed by atoms with E-state index in [0.717, 1.165) is 0 Å². The Morgan fingerprint density at radius 3 is 2.75 bits per heavy atom. The molecule has 0 atom stereocenters. The van der Waals surface area contributed by atoms with Crippen LogP contribution in [-0.2, 0) is 10.0 Å². The molecule has 0 unspecified atom stereocenters. The third-order valence-electron chi connectivity index (χ3n) is 2.95. The smallest absolute Gasteiger partial charge is 0.273 e. The lowest BCUT2D eigenvalue weighted by atomic mass is 10.2. The maximum atomic E-state index is 12.4. The highest BCUT2D eigenvalue weighted by Gasteiger charge is 2.39. The third-order valence-corrected chi connectivity index (χ3v) is 6.45. The molecule has 0 amide bonds. The Balaban J connectivity index is 1.68. The van der Waals surface area contributed by atoms with E-state index in [1.807, 2.05) is 5.38 Å². The maximum Gasteiger partial charge on any atom is 0.273 e. The summed E-state index contributed by atoms with van der Waals surface area (Å²) < 4.78 is 32.4. The standard InChI is InChI=1S/C12H11BrN2O3S2/c13-10-3-1-2-4-11(10)20(16,17)15-7-9(8-15)18-12-14-5-6-19-12/h1-6,9H,7-8H2. The molecule has 3 rings (SSSR count). The van der Waals surface area contributed by atoms with Gasteiger partial charge in [0.15, 0.2) is 0 Å². The summed E-state index contributed by atoms with van der Waals surface area (Å²) in [5.74, 6) is 0. The number of ether oxygens (including phenoxy) is 1. The summed E-state index contributed by atoms with van der Waals surface area (Å²) in [6, 6.07) is 6.80. The predicted molar refractivity (Wildman–Crippen MR) is 79.4 cm³/mol. The molecule has 1 fully saturated rings. The molecule has 0 aliphatic carbocycles. The van der Waals surface area contributed by atoms with Gasteiger partial charge in [-0.25, -0.2) is 13.4 Å². The third kappa shape index (κ3) is 2.60. The molecule has 0 bridgehead atoms. The zero-order valence-corrected chi connectivity index (χ0v) is 13.5. The highest BCUT2D eigenvalue weighted by Crippen LogP contribution is 2.29. The fourth-order valence-corrected chi connectivity index (χ4v) is 4.89. The van der Waals surface area contributed by atoms with E-state index >= 15 is 0 Å². The Bertz CT molecular complexity index is 697. The molecule has 1 aliphatic rings. The molecule has 0 radical (unpaired) electrons. The topological polar surface area (TPSA) is 59.5 Å². The van der Waals surface area contributed by atoms with E-state index in [4.69, 9.17) is 4.74 Å². The van der Waals surface area contributed by atoms with Crippen LogP contribution < -0.4 is 4.74 Å². The van der Waals surface area contributed by atoms with Gasteiger partial charge in [0.05, 0.1) is 18.0 Å². The number of aromatic nitrogens is 1. The Hall–Kier alpha value is -0.960. The second kappa shape index (κ2) is 5.44. The van der Waals surface area contributed by atoms with Gasteiger partial charge in [-0.05, 0) is 28.1 Å². The van der Waals surface area contributed by atoms with Gasteiger partial charge < -0.3 is 4.74 Å². The summed E-state index contributed by atoms with van der Waals surface area (Å²) in [6.45, 7) is 0.701. The van der Waals surface area contributed by atoms with E-state index in [2.05, 4.69) is 20.9 Å². The molecule has 1 saturated heterocycles. The molecule has 20 heavy (non-hydrogen) atoms. The molecular weight excluding hydrogens is 364 g/mol. The molecule has 1 aromatic carbocycles. The number of rotatable bonds is 4. The lowest BCUT2D eigenvalue weighted by Gasteiger charge is -2.37. The summed E-state index contributed by atoms with van der Waals surface area (Å²) in [5, 5.41) is 2.40. The predicted octanol–water partition coefficient (Wildman–Crippen LogP) is 2.36. The quantitative estimate of drug-likeness (QED) is 0.823. The van der Waals surface area contributed by atoms with Crippen molar-refractivity contribution in [2.75, 3.05) is 13.1 Å². The summed E-state index contributed by atoms with van der Waals surface area (Å²) >= 11 is 4.67. The van der Waals surface area contributed by atoms with Gasteiger partial charge in [-0.3, -0.25) is 0 Å². The number of benzene rings is 1. The van der Waals surface area contributed by atoms with E-state index in [1.165, 1.54) is 15.6 Å². The van der Waals surface area contributed by atoms with Gasteiger partial charge in [0.2, 0.25) is 10.0 Å². The number of hydrogen-bond donors (Lipinski definition) is 0. The van der Waals surface area contributed by atoms with Gasteiger partial charge in [-0.15, -0.1) is 0 Å². The molecular formula is C12H11BrN2O3S2. The van der Waals surface area contributed by atoms with Crippen LogP contribution in [0.5, 0.6) is 5.19 Å². The molecule has 2 heterocycles. The molecule has 1 aromatic heterocycles. The van der Waals surface area contributed by atoms with Gasteiger partial charge in [0, 0.05) is 16.0 Å². The first-order valence-electron chi connectivity index (χ1n) is 5.88. The van der Waals surface area contributed by atoms with Crippen molar-refractivity contribution in [1.29, 1.82) is 0 Å². The van der Waals surface area contributed by atoms with E-state index in [1.54, 1.807) is 30.5 Å². The monoisotopic (exact) mass is 374 g/mol. The molecule has 0 N–H and O–H groups in total. The fraction of sp³-hybridized carbons (Fsp3) is 0.250. The molecule has 2 aromatic rings. The van der Waals surface area contributed by atoms with Crippen molar-refractivity contribution in [2.24, 2.45) is 0 Å². The van der Waals surface area contributed by atoms with Crippen LogP contribution in [0, 0.1) is 0 Å². The normalized spacial score (nSPS) is 16.9. The lowest BCUT2D eigenvalue weighted by Crippen LogP contribution is -2.56. The van der Waals surface area contributed by atoms with Crippen molar-refractivity contribution in [3.63, 3.8) is 0 Å². The lowest BCUT2D eigenvalue weighted by molar-refractivity contribution is 0.0759. The van der Waals surface area contributed by atoms with Crippen molar-refractivity contribution < 1.29 is 13.2 Å². The van der Waals surface area contributed by atoms with Crippen LogP contribution in [0.3, 0.4) is 0 Å². The minimum Gasteiger partial charge on any atom is -0.464 e. The highest BCUT2D eigenvalue weighted by molar-refractivity contribution is 9.10. The molecule has 0 spiro atoms. The summed E-state index contributed by atoms with van der Waals surface area (Å²) in [4.78, 5) is 4.30. The van der Waals surface area contributed by atoms with Crippen LogP contribution >= 0.6 is 27.3 Å². The number of sulfonamides is 1. The Morgan fingerprint density at radius 1 is 1.35 bits per heavy atom. The van der Waals surface area contributed by atoms with Crippen LogP contribution in [0.2, 0.25) is 0 Å². The van der Waals surface area contributed by atoms with Crippen LogP contribution in [0.25, 0.3) is 0 Å². The number of halogens is 1. The van der Waals surface area contributed by atoms with E-state index in [-0.39, 0.29) is 11.0 Å². The second-order valence-corrected chi connectivity index (χ2v) is 7.91. The van der Waals surface area contributed by atoms with Crippen LogP contribution in [0.1, 0.15) is 0 Å². The van der Waals surface area contributed by atoms with Gasteiger partial charge >= 0.3 is 0 Å². The van der Waals surface area contributed by atoms with Crippen LogP contribution in [0.15, 0.2) is 45.2 Å². The van der Waals surface area contributed by atoms with Gasteiger partial charge in [-0.1, -0.05) is 23.5 Å². The average Bonchev–Trinajstić information content (AvgIpc) is 2.86. The van der Waals surface area contributed by atoms with Gasteiger partial charge in [0.25, 0.3) is 5.19 Å². The first kappa shape index (κ1) is 14.0. The van der Waals surface area contributed by atoms with E-state index < -0.39 is 10.0 Å². The number of nitrogens with zero attached hydrogens (tertiary/aromatic N) is 2. The second-order valence-electron chi connectivity index (χ2n) is 4.29.